The molecule has 0 amide bonds. The summed E-state index contributed by atoms with van der Waals surface area (Å²) < 4.78 is 5.48. The number of piperidine rings is 1. The van der Waals surface area contributed by atoms with Crippen LogP contribution in [0.4, 0.5) is 0 Å². The minimum absolute atomic E-state index is 0.151. The summed E-state index contributed by atoms with van der Waals surface area (Å²) in [6, 6.07) is 0.354. The Balaban J connectivity index is 1.88. The lowest BCUT2D eigenvalue weighted by Gasteiger charge is -2.39. The van der Waals surface area contributed by atoms with E-state index in [1.54, 1.807) is 0 Å². The lowest BCUT2D eigenvalue weighted by Crippen LogP contribution is -2.49. The van der Waals surface area contributed by atoms with E-state index >= 15 is 0 Å². The fraction of sp³-hybridized carbons (Fsp3) is 0.938. The topological polar surface area (TPSA) is 49.8 Å². The molecule has 1 aliphatic heterocycles. The number of β-amino-alcohol motifs (C(OH)–C–C–N with tert-alkyl or cyclic N) is 1. The van der Waals surface area contributed by atoms with Gasteiger partial charge in [0.25, 0.3) is 0 Å². The van der Waals surface area contributed by atoms with Gasteiger partial charge in [0, 0.05) is 24.9 Å². The van der Waals surface area contributed by atoms with Gasteiger partial charge < -0.3 is 9.84 Å². The first-order chi connectivity index (χ1) is 9.58. The lowest BCUT2D eigenvalue weighted by atomic mass is 9.88. The van der Waals surface area contributed by atoms with Crippen molar-refractivity contribution in [3.8, 4) is 0 Å². The molecule has 1 aliphatic carbocycles. The Morgan fingerprint density at radius 1 is 1.30 bits per heavy atom. The van der Waals surface area contributed by atoms with Gasteiger partial charge in [0.2, 0.25) is 0 Å². The Kier molecular flexibility index (Phi) is 6.00. The van der Waals surface area contributed by atoms with Crippen LogP contribution in [0.1, 0.15) is 52.4 Å². The summed E-state index contributed by atoms with van der Waals surface area (Å²) in [5.74, 6) is 0.656. The minimum Gasteiger partial charge on any atom is -0.389 e. The van der Waals surface area contributed by atoms with Crippen LogP contribution in [0.3, 0.4) is 0 Å². The third-order valence-electron chi connectivity index (χ3n) is 4.55. The largest absolute Gasteiger partial charge is 0.389 e. The van der Waals surface area contributed by atoms with E-state index in [0.29, 0.717) is 25.0 Å². The minimum atomic E-state index is -0.450. The number of ketones is 1. The summed E-state index contributed by atoms with van der Waals surface area (Å²) in [4.78, 5) is 14.3. The number of carbonyl (C=O) groups excluding carboxylic acids is 1. The molecule has 1 heterocycles. The molecule has 20 heavy (non-hydrogen) atoms. The first-order valence-electron chi connectivity index (χ1n) is 8.14. The number of carbonyl (C=O) groups is 1. The summed E-state index contributed by atoms with van der Waals surface area (Å²) in [7, 11) is 0. The molecule has 0 radical (unpaired) electrons. The van der Waals surface area contributed by atoms with Crippen LogP contribution in [0.2, 0.25) is 0 Å². The summed E-state index contributed by atoms with van der Waals surface area (Å²) in [5, 5.41) is 10.1. The van der Waals surface area contributed by atoms with Gasteiger partial charge >= 0.3 is 0 Å². The third-order valence-corrected chi connectivity index (χ3v) is 4.55. The van der Waals surface area contributed by atoms with Crippen molar-refractivity contribution in [2.45, 2.75) is 70.6 Å². The second-order valence-corrected chi connectivity index (χ2v) is 6.56. The summed E-state index contributed by atoms with van der Waals surface area (Å²) >= 11 is 0. The normalized spacial score (nSPS) is 30.1. The standard InChI is InChI=1S/C16H29NO3/c1-12(2)20-11-13(18)10-17-9-4-3-7-15(17)14-6-5-8-16(14)19/h12-15,18H,3-11H2,1-2H3. The second-order valence-electron chi connectivity index (χ2n) is 6.56. The highest BCUT2D eigenvalue weighted by Crippen LogP contribution is 2.32. The van der Waals surface area contributed by atoms with Gasteiger partial charge in [0.1, 0.15) is 5.78 Å². The quantitative estimate of drug-likeness (QED) is 0.810. The van der Waals surface area contributed by atoms with Crippen LogP contribution in [0.25, 0.3) is 0 Å². The van der Waals surface area contributed by atoms with Gasteiger partial charge in [-0.1, -0.05) is 6.42 Å². The maximum absolute atomic E-state index is 12.0. The van der Waals surface area contributed by atoms with E-state index < -0.39 is 6.10 Å². The van der Waals surface area contributed by atoms with Crippen LogP contribution < -0.4 is 0 Å². The van der Waals surface area contributed by atoms with Gasteiger partial charge in [-0.2, -0.15) is 0 Å². The third kappa shape index (κ3) is 4.27. The Morgan fingerprint density at radius 3 is 2.75 bits per heavy atom. The van der Waals surface area contributed by atoms with E-state index in [2.05, 4.69) is 4.90 Å². The molecule has 0 aromatic carbocycles. The molecule has 3 atom stereocenters. The molecule has 0 spiro atoms. The predicted molar refractivity (Wildman–Crippen MR) is 78.7 cm³/mol. The Hall–Kier alpha value is -0.450. The highest BCUT2D eigenvalue weighted by Gasteiger charge is 2.37. The van der Waals surface area contributed by atoms with Crippen molar-refractivity contribution >= 4 is 5.78 Å². The molecule has 2 aliphatic rings. The monoisotopic (exact) mass is 283 g/mol. The van der Waals surface area contributed by atoms with Gasteiger partial charge in [0.15, 0.2) is 0 Å². The number of aliphatic hydroxyl groups is 1. The highest BCUT2D eigenvalue weighted by molar-refractivity contribution is 5.83. The fourth-order valence-corrected chi connectivity index (χ4v) is 3.58. The van der Waals surface area contributed by atoms with Gasteiger partial charge in [-0.05, 0) is 46.1 Å². The van der Waals surface area contributed by atoms with Gasteiger partial charge in [-0.25, -0.2) is 0 Å². The number of likely N-dealkylation sites (tertiary alicyclic amines) is 1. The first kappa shape index (κ1) is 15.9. The second kappa shape index (κ2) is 7.53. The fourth-order valence-electron chi connectivity index (χ4n) is 3.58. The molecule has 1 saturated carbocycles. The molecule has 2 rings (SSSR count). The maximum Gasteiger partial charge on any atom is 0.137 e. The Morgan fingerprint density at radius 2 is 2.10 bits per heavy atom. The number of Topliss-reactive ketones (excluding diaryl/α,β-unsaturated/α-hetero) is 1. The van der Waals surface area contributed by atoms with E-state index in [1.807, 2.05) is 13.8 Å². The molecule has 0 aromatic heterocycles. The van der Waals surface area contributed by atoms with Gasteiger partial charge in [-0.15, -0.1) is 0 Å². The van der Waals surface area contributed by atoms with Crippen molar-refractivity contribution in [2.24, 2.45) is 5.92 Å². The Labute approximate surface area is 122 Å². The van der Waals surface area contributed by atoms with E-state index in [-0.39, 0.29) is 12.0 Å². The van der Waals surface area contributed by atoms with Crippen molar-refractivity contribution in [3.05, 3.63) is 0 Å². The first-order valence-corrected chi connectivity index (χ1v) is 8.14. The van der Waals surface area contributed by atoms with Crippen molar-refractivity contribution < 1.29 is 14.6 Å². The van der Waals surface area contributed by atoms with Crippen molar-refractivity contribution in [2.75, 3.05) is 19.7 Å². The number of rotatable bonds is 6. The van der Waals surface area contributed by atoms with Crippen LogP contribution in [0.15, 0.2) is 0 Å². The molecule has 0 aromatic rings. The zero-order valence-corrected chi connectivity index (χ0v) is 12.9. The van der Waals surface area contributed by atoms with Gasteiger partial charge in [0.05, 0.1) is 18.8 Å². The van der Waals surface area contributed by atoms with Crippen LogP contribution in [-0.2, 0) is 9.53 Å². The average molecular weight is 283 g/mol. The smallest absolute Gasteiger partial charge is 0.137 e. The summed E-state index contributed by atoms with van der Waals surface area (Å²) in [6.45, 7) is 6.00. The van der Waals surface area contributed by atoms with E-state index in [1.165, 1.54) is 12.8 Å². The average Bonchev–Trinajstić information content (AvgIpc) is 2.83. The zero-order chi connectivity index (χ0) is 14.5. The Bertz CT molecular complexity index is 319. The van der Waals surface area contributed by atoms with Crippen LogP contribution in [-0.4, -0.2) is 53.7 Å². The SMILES string of the molecule is CC(C)OCC(O)CN1CCCCC1C1CCCC1=O. The number of hydrogen-bond acceptors (Lipinski definition) is 4. The number of hydrogen-bond donors (Lipinski definition) is 1. The highest BCUT2D eigenvalue weighted by atomic mass is 16.5. The molecular weight excluding hydrogens is 254 g/mol. The maximum atomic E-state index is 12.0. The summed E-state index contributed by atoms with van der Waals surface area (Å²) in [5.41, 5.74) is 0. The zero-order valence-electron chi connectivity index (χ0n) is 12.9. The number of nitrogens with zero attached hydrogens (tertiary/aromatic N) is 1. The molecule has 4 nitrogen and oxygen atoms in total. The molecule has 4 heteroatoms. The molecule has 2 fully saturated rings. The van der Waals surface area contributed by atoms with E-state index in [4.69, 9.17) is 4.74 Å². The molecule has 1 saturated heterocycles. The molecule has 0 bridgehead atoms. The van der Waals surface area contributed by atoms with Crippen LogP contribution in [0, 0.1) is 5.92 Å². The van der Waals surface area contributed by atoms with Gasteiger partial charge in [-0.3, -0.25) is 9.69 Å². The summed E-state index contributed by atoms with van der Waals surface area (Å²) in [6.07, 6.45) is 6.04. The molecular formula is C16H29NO3. The van der Waals surface area contributed by atoms with Crippen LogP contribution >= 0.6 is 0 Å². The molecule has 3 unspecified atom stereocenters. The number of ether oxygens (including phenoxy) is 1. The van der Waals surface area contributed by atoms with Crippen molar-refractivity contribution in [1.29, 1.82) is 0 Å². The number of aliphatic hydroxyl groups excluding tert-OH is 1. The van der Waals surface area contributed by atoms with E-state index in [9.17, 15) is 9.90 Å². The van der Waals surface area contributed by atoms with E-state index in [0.717, 1.165) is 32.2 Å². The predicted octanol–water partition coefficient (Wildman–Crippen LogP) is 2.00. The lowest BCUT2D eigenvalue weighted by molar-refractivity contribution is -0.123. The van der Waals surface area contributed by atoms with Crippen molar-refractivity contribution in [3.63, 3.8) is 0 Å². The molecule has 1 N–H and O–H groups in total. The molecule has 116 valence electrons. The van der Waals surface area contributed by atoms with Crippen LogP contribution in [0.5, 0.6) is 0 Å². The van der Waals surface area contributed by atoms with Crippen molar-refractivity contribution in [1.82, 2.24) is 4.90 Å².